The van der Waals surface area contributed by atoms with Crippen LogP contribution < -0.4 is 0 Å². The van der Waals surface area contributed by atoms with Gasteiger partial charge in [-0.3, -0.25) is 14.8 Å². The summed E-state index contributed by atoms with van der Waals surface area (Å²) in [5, 5.41) is 1.09. The van der Waals surface area contributed by atoms with E-state index in [2.05, 4.69) is 40.5 Å². The highest BCUT2D eigenvalue weighted by atomic mass is 16.2. The second kappa shape index (κ2) is 7.24. The molecule has 0 unspecified atom stereocenters. The molecule has 1 amide bonds. The molecule has 2 aromatic heterocycles. The first-order chi connectivity index (χ1) is 14.5. The van der Waals surface area contributed by atoms with E-state index in [1.54, 1.807) is 12.4 Å². The molecule has 152 valence electrons. The maximum absolute atomic E-state index is 12.9. The van der Waals surface area contributed by atoms with Gasteiger partial charge >= 0.3 is 0 Å². The molecule has 5 rings (SSSR count). The van der Waals surface area contributed by atoms with E-state index in [0.717, 1.165) is 48.2 Å². The van der Waals surface area contributed by atoms with Gasteiger partial charge in [0.15, 0.2) is 0 Å². The number of nitrogens with zero attached hydrogens (tertiary/aromatic N) is 4. The molecule has 0 N–H and O–H groups in total. The van der Waals surface area contributed by atoms with Crippen molar-refractivity contribution in [2.45, 2.75) is 19.8 Å². The Morgan fingerprint density at radius 2 is 1.70 bits per heavy atom. The summed E-state index contributed by atoms with van der Waals surface area (Å²) in [5.74, 6) is 0.00663. The first-order valence-corrected chi connectivity index (χ1v) is 10.6. The van der Waals surface area contributed by atoms with Crippen molar-refractivity contribution in [3.63, 3.8) is 0 Å². The van der Waals surface area contributed by atoms with Crippen molar-refractivity contribution in [1.29, 1.82) is 0 Å². The molecule has 3 aromatic rings. The van der Waals surface area contributed by atoms with E-state index in [-0.39, 0.29) is 5.91 Å². The minimum absolute atomic E-state index is 0.00663. The zero-order chi connectivity index (χ0) is 20.7. The first-order valence-electron chi connectivity index (χ1n) is 10.6. The number of piperazine rings is 1. The molecule has 5 nitrogen and oxygen atoms in total. The van der Waals surface area contributed by atoms with E-state index in [1.165, 1.54) is 18.5 Å². The SMILES string of the molecule is C=C(N1CCN(C(=O)c2ccc(-c3ccc4ncccc4c3)cn2)CC1)C1(C)CC1. The fraction of sp³-hybridized carbons (Fsp3) is 0.320. The summed E-state index contributed by atoms with van der Waals surface area (Å²) >= 11 is 0. The van der Waals surface area contributed by atoms with Crippen molar-refractivity contribution in [2.75, 3.05) is 26.2 Å². The number of fused-ring (bicyclic) bond motifs is 1. The predicted octanol–water partition coefficient (Wildman–Crippen LogP) is 4.37. The number of hydrogen-bond acceptors (Lipinski definition) is 4. The number of allylic oxidation sites excluding steroid dienone is 1. The molecular formula is C25H26N4O. The van der Waals surface area contributed by atoms with Gasteiger partial charge in [0.25, 0.3) is 5.91 Å². The maximum atomic E-state index is 12.9. The number of carbonyl (C=O) groups is 1. The fourth-order valence-corrected chi connectivity index (χ4v) is 4.15. The van der Waals surface area contributed by atoms with Crippen LogP contribution >= 0.6 is 0 Å². The molecule has 2 aliphatic rings. The van der Waals surface area contributed by atoms with Crippen molar-refractivity contribution in [3.8, 4) is 11.1 Å². The number of carbonyl (C=O) groups excluding carboxylic acids is 1. The summed E-state index contributed by atoms with van der Waals surface area (Å²) in [4.78, 5) is 26.0. The number of benzene rings is 1. The summed E-state index contributed by atoms with van der Waals surface area (Å²) in [6.45, 7) is 9.72. The lowest BCUT2D eigenvalue weighted by Crippen LogP contribution is -2.49. The number of pyridine rings is 2. The van der Waals surface area contributed by atoms with Gasteiger partial charge in [0.2, 0.25) is 0 Å². The molecule has 1 saturated carbocycles. The Balaban J connectivity index is 1.26. The first kappa shape index (κ1) is 18.8. The van der Waals surface area contributed by atoms with Gasteiger partial charge in [0.05, 0.1) is 5.52 Å². The van der Waals surface area contributed by atoms with Crippen LogP contribution in [0, 0.1) is 5.41 Å². The number of aromatic nitrogens is 2. The molecule has 1 aromatic carbocycles. The Labute approximate surface area is 177 Å². The molecule has 3 heterocycles. The molecule has 0 spiro atoms. The molecule has 30 heavy (non-hydrogen) atoms. The van der Waals surface area contributed by atoms with Crippen LogP contribution in [0.2, 0.25) is 0 Å². The third-order valence-electron chi connectivity index (χ3n) is 6.56. The van der Waals surface area contributed by atoms with Crippen LogP contribution in [-0.4, -0.2) is 51.9 Å². The van der Waals surface area contributed by atoms with Crippen LogP contribution in [0.15, 0.2) is 67.1 Å². The Morgan fingerprint density at radius 1 is 0.967 bits per heavy atom. The van der Waals surface area contributed by atoms with E-state index in [9.17, 15) is 4.79 Å². The Morgan fingerprint density at radius 3 is 2.40 bits per heavy atom. The average molecular weight is 399 g/mol. The highest BCUT2D eigenvalue weighted by Crippen LogP contribution is 2.51. The quantitative estimate of drug-likeness (QED) is 0.655. The van der Waals surface area contributed by atoms with Gasteiger partial charge in [0, 0.05) is 60.6 Å². The zero-order valence-corrected chi connectivity index (χ0v) is 17.3. The second-order valence-corrected chi connectivity index (χ2v) is 8.63. The van der Waals surface area contributed by atoms with Crippen molar-refractivity contribution in [2.24, 2.45) is 5.41 Å². The number of hydrogen-bond donors (Lipinski definition) is 0. The lowest BCUT2D eigenvalue weighted by atomic mass is 10.0. The van der Waals surface area contributed by atoms with Crippen molar-refractivity contribution < 1.29 is 4.79 Å². The van der Waals surface area contributed by atoms with E-state index >= 15 is 0 Å². The topological polar surface area (TPSA) is 49.3 Å². The maximum Gasteiger partial charge on any atom is 0.272 e. The Kier molecular flexibility index (Phi) is 4.54. The van der Waals surface area contributed by atoms with Crippen LogP contribution in [0.4, 0.5) is 0 Å². The highest BCUT2D eigenvalue weighted by molar-refractivity contribution is 5.93. The summed E-state index contributed by atoms with van der Waals surface area (Å²) < 4.78 is 0. The molecule has 2 fully saturated rings. The van der Waals surface area contributed by atoms with Gasteiger partial charge in [-0.2, -0.15) is 0 Å². The lowest BCUT2D eigenvalue weighted by molar-refractivity contribution is 0.0654. The third kappa shape index (κ3) is 3.45. The van der Waals surface area contributed by atoms with E-state index in [0.29, 0.717) is 11.1 Å². The van der Waals surface area contributed by atoms with Gasteiger partial charge in [-0.1, -0.05) is 31.7 Å². The average Bonchev–Trinajstić information content (AvgIpc) is 3.56. The molecule has 0 bridgehead atoms. The third-order valence-corrected chi connectivity index (χ3v) is 6.56. The molecule has 1 aliphatic carbocycles. The van der Waals surface area contributed by atoms with Crippen LogP contribution in [0.5, 0.6) is 0 Å². The molecular weight excluding hydrogens is 372 g/mol. The minimum Gasteiger partial charge on any atom is -0.371 e. The number of rotatable bonds is 4. The highest BCUT2D eigenvalue weighted by Gasteiger charge is 2.42. The molecule has 0 radical (unpaired) electrons. The smallest absolute Gasteiger partial charge is 0.272 e. The minimum atomic E-state index is 0.00663. The van der Waals surface area contributed by atoms with Gasteiger partial charge in [-0.15, -0.1) is 0 Å². The largest absolute Gasteiger partial charge is 0.371 e. The normalized spacial score (nSPS) is 17.8. The van der Waals surface area contributed by atoms with E-state index in [1.807, 2.05) is 35.2 Å². The lowest BCUT2D eigenvalue weighted by Gasteiger charge is -2.38. The van der Waals surface area contributed by atoms with Crippen LogP contribution in [0.1, 0.15) is 30.3 Å². The van der Waals surface area contributed by atoms with Crippen molar-refractivity contribution >= 4 is 16.8 Å². The van der Waals surface area contributed by atoms with Crippen LogP contribution in [0.3, 0.4) is 0 Å². The number of amides is 1. The monoisotopic (exact) mass is 398 g/mol. The standard InChI is InChI=1S/C25H26N4O/c1-18(25(2)9-10-25)28-12-14-29(15-13-28)24(30)23-8-6-21(17-27-23)19-5-7-22-20(16-19)4-3-11-26-22/h3-8,11,16-17H,1,9-10,12-15H2,2H3. The summed E-state index contributed by atoms with van der Waals surface area (Å²) in [6.07, 6.45) is 6.05. The van der Waals surface area contributed by atoms with Gasteiger partial charge in [-0.25, -0.2) is 0 Å². The van der Waals surface area contributed by atoms with Crippen molar-refractivity contribution in [3.05, 3.63) is 72.8 Å². The predicted molar refractivity (Wildman–Crippen MR) is 119 cm³/mol. The van der Waals surface area contributed by atoms with Crippen molar-refractivity contribution in [1.82, 2.24) is 19.8 Å². The Hall–Kier alpha value is -3.21. The summed E-state index contributed by atoms with van der Waals surface area (Å²) in [6, 6.07) is 14.0. The molecule has 5 heteroatoms. The van der Waals surface area contributed by atoms with Crippen LogP contribution in [-0.2, 0) is 0 Å². The Bertz CT molecular complexity index is 1110. The van der Waals surface area contributed by atoms with Crippen LogP contribution in [0.25, 0.3) is 22.0 Å². The van der Waals surface area contributed by atoms with Gasteiger partial charge < -0.3 is 9.80 Å². The second-order valence-electron chi connectivity index (χ2n) is 8.63. The zero-order valence-electron chi connectivity index (χ0n) is 17.3. The summed E-state index contributed by atoms with van der Waals surface area (Å²) in [7, 11) is 0. The summed E-state index contributed by atoms with van der Waals surface area (Å²) in [5.41, 5.74) is 5.07. The molecule has 1 saturated heterocycles. The van der Waals surface area contributed by atoms with Gasteiger partial charge in [-0.05, 0) is 42.7 Å². The fourth-order valence-electron chi connectivity index (χ4n) is 4.15. The van der Waals surface area contributed by atoms with Gasteiger partial charge in [0.1, 0.15) is 5.69 Å². The van der Waals surface area contributed by atoms with E-state index in [4.69, 9.17) is 0 Å². The molecule has 1 aliphatic heterocycles. The molecule has 0 atom stereocenters. The van der Waals surface area contributed by atoms with E-state index < -0.39 is 0 Å².